The van der Waals surface area contributed by atoms with Gasteiger partial charge in [-0.05, 0) is 65.9 Å². The van der Waals surface area contributed by atoms with E-state index < -0.39 is 19.7 Å². The first-order valence-electron chi connectivity index (χ1n) is 10.6. The Morgan fingerprint density at radius 1 is 0.794 bits per heavy atom. The van der Waals surface area contributed by atoms with Crippen molar-refractivity contribution in [2.45, 2.75) is 40.7 Å². The van der Waals surface area contributed by atoms with Crippen molar-refractivity contribution < 1.29 is 21.6 Å². The van der Waals surface area contributed by atoms with E-state index in [1.807, 2.05) is 0 Å². The lowest BCUT2D eigenvalue weighted by Crippen LogP contribution is -2.07. The second-order valence-corrected chi connectivity index (χ2v) is 13.6. The Morgan fingerprint density at radius 2 is 1.29 bits per heavy atom. The highest BCUT2D eigenvalue weighted by molar-refractivity contribution is 7.92. The van der Waals surface area contributed by atoms with E-state index in [0.717, 1.165) is 6.26 Å². The molecule has 0 aromatic heterocycles. The van der Waals surface area contributed by atoms with Crippen LogP contribution in [0.2, 0.25) is 10.0 Å². The minimum absolute atomic E-state index is 0.0679. The quantitative estimate of drug-likeness (QED) is 0.387. The molecule has 5 nitrogen and oxygen atoms in total. The first-order chi connectivity index (χ1) is 15.9. The van der Waals surface area contributed by atoms with Gasteiger partial charge in [0.05, 0.1) is 25.1 Å². The highest BCUT2D eigenvalue weighted by Gasteiger charge is 2.36. The van der Waals surface area contributed by atoms with Gasteiger partial charge in [0.2, 0.25) is 0 Å². The second kappa shape index (κ2) is 9.46. The molecular formula is C25H22Cl2O5S2. The van der Waals surface area contributed by atoms with Crippen molar-refractivity contribution in [3.05, 3.63) is 81.8 Å². The predicted octanol–water partition coefficient (Wildman–Crippen LogP) is 5.35. The fourth-order valence-electron chi connectivity index (χ4n) is 3.76. The molecule has 1 aliphatic carbocycles. The van der Waals surface area contributed by atoms with Crippen molar-refractivity contribution in [3.8, 4) is 11.1 Å². The summed E-state index contributed by atoms with van der Waals surface area (Å²) in [6.45, 7) is 0. The zero-order valence-corrected chi connectivity index (χ0v) is 21.4. The lowest BCUT2D eigenvalue weighted by Gasteiger charge is -2.11. The number of hydrogen-bond donors (Lipinski definition) is 0. The number of halogens is 2. The van der Waals surface area contributed by atoms with Gasteiger partial charge in [-0.3, -0.25) is 4.79 Å². The first kappa shape index (κ1) is 24.9. The number of Topliss-reactive ketones (excluding diaryl/α,β-unsaturated/α-hetero) is 1. The van der Waals surface area contributed by atoms with Gasteiger partial charge in [0.25, 0.3) is 0 Å². The van der Waals surface area contributed by atoms with Crippen LogP contribution in [-0.2, 0) is 37.3 Å². The summed E-state index contributed by atoms with van der Waals surface area (Å²) in [4.78, 5) is 13.1. The van der Waals surface area contributed by atoms with E-state index in [1.54, 1.807) is 48.5 Å². The summed E-state index contributed by atoms with van der Waals surface area (Å²) < 4.78 is 48.0. The molecule has 3 aromatic rings. The van der Waals surface area contributed by atoms with Crippen LogP contribution in [0.4, 0.5) is 0 Å². The van der Waals surface area contributed by atoms with E-state index in [-0.39, 0.29) is 33.7 Å². The third kappa shape index (κ3) is 5.54. The molecule has 9 heteroatoms. The summed E-state index contributed by atoms with van der Waals surface area (Å²) in [6, 6.07) is 16.1. The van der Waals surface area contributed by atoms with Crippen LogP contribution >= 0.6 is 23.2 Å². The summed E-state index contributed by atoms with van der Waals surface area (Å²) in [6.07, 6.45) is 2.81. The van der Waals surface area contributed by atoms with Gasteiger partial charge in [0, 0.05) is 24.7 Å². The number of benzene rings is 3. The Hall–Kier alpha value is -2.19. The molecule has 0 aliphatic heterocycles. The largest absolute Gasteiger partial charge is 0.299 e. The van der Waals surface area contributed by atoms with Gasteiger partial charge in [0.1, 0.15) is 5.78 Å². The molecule has 178 valence electrons. The summed E-state index contributed by atoms with van der Waals surface area (Å²) >= 11 is 13.0. The third-order valence-electron chi connectivity index (χ3n) is 5.69. The van der Waals surface area contributed by atoms with E-state index in [4.69, 9.17) is 23.2 Å². The SMILES string of the molecule is CS(=O)(=O)c1ccc(CC(=O)Cc2cc(Cl)c(-c3ccc(S(=O)(=O)C4CC4)cc3)c(Cl)c2)cc1. The molecule has 4 rings (SSSR count). The van der Waals surface area contributed by atoms with Crippen LogP contribution in [0.3, 0.4) is 0 Å². The fraction of sp³-hybridized carbons (Fsp3) is 0.240. The van der Waals surface area contributed by atoms with Gasteiger partial charge in [-0.25, -0.2) is 16.8 Å². The highest BCUT2D eigenvalue weighted by Crippen LogP contribution is 2.38. The maximum atomic E-state index is 12.6. The summed E-state index contributed by atoms with van der Waals surface area (Å²) in [7, 11) is -6.56. The van der Waals surface area contributed by atoms with Gasteiger partial charge < -0.3 is 0 Å². The zero-order chi connectivity index (χ0) is 24.7. The van der Waals surface area contributed by atoms with E-state index in [9.17, 15) is 21.6 Å². The Kier molecular flexibility index (Phi) is 6.93. The van der Waals surface area contributed by atoms with Crippen LogP contribution in [0.1, 0.15) is 24.0 Å². The molecule has 0 bridgehead atoms. The summed E-state index contributed by atoms with van der Waals surface area (Å²) in [5.74, 6) is -0.0679. The Bertz CT molecular complexity index is 1430. The standard InChI is InChI=1S/C25H22Cl2O5S2/c1-33(29,30)20-6-2-16(3-7-20)12-19(28)13-17-14-23(26)25(24(27)15-17)18-4-8-21(9-5-18)34(31,32)22-10-11-22/h2-9,14-15,22H,10-13H2,1H3. The maximum absolute atomic E-state index is 12.6. The molecule has 0 amide bonds. The average molecular weight is 537 g/mol. The highest BCUT2D eigenvalue weighted by atomic mass is 35.5. The smallest absolute Gasteiger partial charge is 0.181 e. The van der Waals surface area contributed by atoms with Crippen LogP contribution in [0.5, 0.6) is 0 Å². The van der Waals surface area contributed by atoms with Crippen molar-refractivity contribution in [1.29, 1.82) is 0 Å². The lowest BCUT2D eigenvalue weighted by atomic mass is 9.99. The van der Waals surface area contributed by atoms with E-state index in [1.165, 1.54) is 12.1 Å². The molecule has 1 saturated carbocycles. The molecule has 0 unspecified atom stereocenters. The number of ketones is 1. The van der Waals surface area contributed by atoms with Crippen LogP contribution in [0.25, 0.3) is 11.1 Å². The van der Waals surface area contributed by atoms with Crippen LogP contribution < -0.4 is 0 Å². The van der Waals surface area contributed by atoms with Gasteiger partial charge in [-0.1, -0.05) is 47.5 Å². The molecule has 1 fully saturated rings. The second-order valence-electron chi connectivity index (χ2n) is 8.51. The topological polar surface area (TPSA) is 85.3 Å². The first-order valence-corrected chi connectivity index (χ1v) is 14.8. The van der Waals surface area contributed by atoms with Crippen LogP contribution in [-0.4, -0.2) is 34.1 Å². The molecule has 0 spiro atoms. The zero-order valence-electron chi connectivity index (χ0n) is 18.3. The number of sulfone groups is 2. The molecule has 0 heterocycles. The molecule has 34 heavy (non-hydrogen) atoms. The van der Waals surface area contributed by atoms with Gasteiger partial charge in [0.15, 0.2) is 19.7 Å². The lowest BCUT2D eigenvalue weighted by molar-refractivity contribution is -0.117. The monoisotopic (exact) mass is 536 g/mol. The summed E-state index contributed by atoms with van der Waals surface area (Å²) in [5, 5.41) is 0.455. The number of carbonyl (C=O) groups is 1. The Morgan fingerprint density at radius 3 is 1.79 bits per heavy atom. The molecular weight excluding hydrogens is 515 g/mol. The average Bonchev–Trinajstić information content (AvgIpc) is 3.59. The third-order valence-corrected chi connectivity index (χ3v) is 9.69. The van der Waals surface area contributed by atoms with Crippen molar-refractivity contribution in [2.75, 3.05) is 6.26 Å². The molecule has 3 aromatic carbocycles. The molecule has 1 aliphatic rings. The number of hydrogen-bond acceptors (Lipinski definition) is 5. The Balaban J connectivity index is 1.48. The van der Waals surface area contributed by atoms with Crippen molar-refractivity contribution in [2.24, 2.45) is 0 Å². The van der Waals surface area contributed by atoms with Crippen LogP contribution in [0.15, 0.2) is 70.5 Å². The number of rotatable bonds is 8. The molecule has 0 saturated heterocycles. The van der Waals surface area contributed by atoms with Gasteiger partial charge in [-0.15, -0.1) is 0 Å². The maximum Gasteiger partial charge on any atom is 0.181 e. The van der Waals surface area contributed by atoms with E-state index in [2.05, 4.69) is 0 Å². The predicted molar refractivity (Wildman–Crippen MR) is 134 cm³/mol. The van der Waals surface area contributed by atoms with Crippen molar-refractivity contribution >= 4 is 48.7 Å². The van der Waals surface area contributed by atoms with Gasteiger partial charge in [-0.2, -0.15) is 0 Å². The van der Waals surface area contributed by atoms with E-state index >= 15 is 0 Å². The minimum Gasteiger partial charge on any atom is -0.299 e. The van der Waals surface area contributed by atoms with Crippen molar-refractivity contribution in [1.82, 2.24) is 0 Å². The molecule has 0 radical (unpaired) electrons. The van der Waals surface area contributed by atoms with Crippen molar-refractivity contribution in [3.63, 3.8) is 0 Å². The molecule has 0 N–H and O–H groups in total. The minimum atomic E-state index is -3.29. The number of carbonyl (C=O) groups excluding carboxylic acids is 1. The Labute approximate surface area is 209 Å². The van der Waals surface area contributed by atoms with E-state index in [0.29, 0.717) is 45.1 Å². The van der Waals surface area contributed by atoms with Crippen LogP contribution in [0, 0.1) is 0 Å². The molecule has 0 atom stereocenters. The normalized spacial score (nSPS) is 14.2. The fourth-order valence-corrected chi connectivity index (χ4v) is 6.80. The summed E-state index contributed by atoms with van der Waals surface area (Å²) in [5.41, 5.74) is 2.64. The van der Waals surface area contributed by atoms with Gasteiger partial charge >= 0.3 is 0 Å².